The Hall–Kier alpha value is -1.37. The van der Waals surface area contributed by atoms with Gasteiger partial charge in [0.15, 0.2) is 0 Å². The summed E-state index contributed by atoms with van der Waals surface area (Å²) in [5, 5.41) is 0. The molecule has 0 atom stereocenters. The molecule has 1 heterocycles. The molecule has 1 aromatic heterocycles. The molecule has 0 spiro atoms. The van der Waals surface area contributed by atoms with Crippen LogP contribution in [-0.2, 0) is 13.8 Å². The van der Waals surface area contributed by atoms with Gasteiger partial charge in [-0.2, -0.15) is 0 Å². The van der Waals surface area contributed by atoms with Crippen molar-refractivity contribution in [2.75, 3.05) is 0 Å². The highest BCUT2D eigenvalue weighted by atomic mass is 35.7. The Bertz CT molecular complexity index is 702. The molecule has 2 aromatic rings. The van der Waals surface area contributed by atoms with Crippen LogP contribution in [0, 0.1) is 0 Å². The zero-order chi connectivity index (χ0) is 14.0. The molecule has 0 aliphatic rings. The van der Waals surface area contributed by atoms with Crippen LogP contribution in [0.4, 0.5) is 0 Å². The Kier molecular flexibility index (Phi) is 3.93. The van der Waals surface area contributed by atoms with Gasteiger partial charge in [-0.1, -0.05) is 0 Å². The highest BCUT2D eigenvalue weighted by Crippen LogP contribution is 2.33. The molecule has 0 aliphatic carbocycles. The molecular weight excluding hydrogens is 308 g/mol. The lowest BCUT2D eigenvalue weighted by atomic mass is 10.2. The standard InChI is InChI=1S/C12H9ClO4S2/c1-8(14)17-10-4-2-9(3-5-10)11-6-7-12(18-11)19(13,15)16/h2-7H,1H3. The quantitative estimate of drug-likeness (QED) is 0.495. The highest BCUT2D eigenvalue weighted by Gasteiger charge is 2.13. The Balaban J connectivity index is 2.28. The van der Waals surface area contributed by atoms with E-state index in [1.165, 1.54) is 13.0 Å². The number of carbonyl (C=O) groups is 1. The molecule has 0 amide bonds. The Morgan fingerprint density at radius 3 is 2.26 bits per heavy atom. The van der Waals surface area contributed by atoms with Gasteiger partial charge in [0.25, 0.3) is 9.05 Å². The van der Waals surface area contributed by atoms with Crippen LogP contribution in [0.3, 0.4) is 0 Å². The van der Waals surface area contributed by atoms with Gasteiger partial charge >= 0.3 is 5.97 Å². The lowest BCUT2D eigenvalue weighted by molar-refractivity contribution is -0.131. The summed E-state index contributed by atoms with van der Waals surface area (Å²) < 4.78 is 27.4. The zero-order valence-electron chi connectivity index (χ0n) is 9.79. The van der Waals surface area contributed by atoms with Gasteiger partial charge in [-0.3, -0.25) is 4.79 Å². The summed E-state index contributed by atoms with van der Waals surface area (Å²) in [4.78, 5) is 11.6. The topological polar surface area (TPSA) is 60.4 Å². The van der Waals surface area contributed by atoms with E-state index in [1.807, 2.05) is 0 Å². The van der Waals surface area contributed by atoms with E-state index in [0.717, 1.165) is 21.8 Å². The second-order valence-electron chi connectivity index (χ2n) is 3.67. The predicted octanol–water partition coefficient (Wildman–Crippen LogP) is 3.27. The first-order valence-corrected chi connectivity index (χ1v) is 8.32. The molecule has 0 unspecified atom stereocenters. The molecule has 0 bridgehead atoms. The number of halogens is 1. The van der Waals surface area contributed by atoms with Crippen molar-refractivity contribution in [2.45, 2.75) is 11.1 Å². The van der Waals surface area contributed by atoms with Crippen molar-refractivity contribution >= 4 is 37.0 Å². The van der Waals surface area contributed by atoms with Crippen LogP contribution in [0.1, 0.15) is 6.92 Å². The van der Waals surface area contributed by atoms with E-state index in [9.17, 15) is 13.2 Å². The Morgan fingerprint density at radius 1 is 1.16 bits per heavy atom. The summed E-state index contributed by atoms with van der Waals surface area (Å²) in [5.74, 6) is 0.0531. The summed E-state index contributed by atoms with van der Waals surface area (Å²) >= 11 is 1.09. The molecule has 0 aliphatic heterocycles. The largest absolute Gasteiger partial charge is 0.427 e. The Morgan fingerprint density at radius 2 is 1.79 bits per heavy atom. The van der Waals surface area contributed by atoms with Crippen molar-refractivity contribution in [1.82, 2.24) is 0 Å². The molecule has 0 radical (unpaired) electrons. The van der Waals surface area contributed by atoms with Gasteiger partial charge in [0.05, 0.1) is 0 Å². The van der Waals surface area contributed by atoms with Gasteiger partial charge in [-0.05, 0) is 42.0 Å². The van der Waals surface area contributed by atoms with Gasteiger partial charge in [0, 0.05) is 22.5 Å². The maximum Gasteiger partial charge on any atom is 0.308 e. The van der Waals surface area contributed by atoms with Crippen LogP contribution in [0.2, 0.25) is 0 Å². The molecule has 0 saturated heterocycles. The molecule has 19 heavy (non-hydrogen) atoms. The Labute approximate surface area is 119 Å². The van der Waals surface area contributed by atoms with Crippen molar-refractivity contribution in [2.24, 2.45) is 0 Å². The van der Waals surface area contributed by atoms with Gasteiger partial charge in [0.1, 0.15) is 9.96 Å². The van der Waals surface area contributed by atoms with Gasteiger partial charge in [0.2, 0.25) is 0 Å². The first-order chi connectivity index (χ1) is 8.86. The van der Waals surface area contributed by atoms with Gasteiger partial charge in [-0.25, -0.2) is 8.42 Å². The minimum Gasteiger partial charge on any atom is -0.427 e. The number of carbonyl (C=O) groups excluding carboxylic acids is 1. The van der Waals surface area contributed by atoms with Crippen LogP contribution in [-0.4, -0.2) is 14.4 Å². The lowest BCUT2D eigenvalue weighted by Gasteiger charge is -2.02. The van der Waals surface area contributed by atoms with Crippen molar-refractivity contribution in [3.05, 3.63) is 36.4 Å². The van der Waals surface area contributed by atoms with E-state index < -0.39 is 9.05 Å². The van der Waals surface area contributed by atoms with Gasteiger partial charge < -0.3 is 4.74 Å². The maximum atomic E-state index is 11.2. The molecule has 0 N–H and O–H groups in total. The molecule has 2 rings (SSSR count). The number of hydrogen-bond acceptors (Lipinski definition) is 5. The summed E-state index contributed by atoms with van der Waals surface area (Å²) in [7, 11) is 1.57. The third-order valence-corrected chi connectivity index (χ3v) is 5.45. The van der Waals surface area contributed by atoms with E-state index >= 15 is 0 Å². The second kappa shape index (κ2) is 5.32. The summed E-state index contributed by atoms with van der Waals surface area (Å²) in [6, 6.07) is 9.92. The second-order valence-corrected chi connectivity index (χ2v) is 7.55. The number of benzene rings is 1. The van der Waals surface area contributed by atoms with E-state index in [4.69, 9.17) is 15.4 Å². The SMILES string of the molecule is CC(=O)Oc1ccc(-c2ccc(S(=O)(=O)Cl)s2)cc1. The number of esters is 1. The molecule has 1 aromatic carbocycles. The van der Waals surface area contributed by atoms with Crippen LogP contribution < -0.4 is 4.74 Å². The number of ether oxygens (including phenoxy) is 1. The normalized spacial score (nSPS) is 11.3. The molecule has 100 valence electrons. The molecule has 4 nitrogen and oxygen atoms in total. The maximum absolute atomic E-state index is 11.2. The predicted molar refractivity (Wildman–Crippen MR) is 74.1 cm³/mol. The summed E-state index contributed by atoms with van der Waals surface area (Å²) in [5.41, 5.74) is 0.826. The smallest absolute Gasteiger partial charge is 0.308 e. The highest BCUT2D eigenvalue weighted by molar-refractivity contribution is 8.15. The van der Waals surface area contributed by atoms with Crippen molar-refractivity contribution < 1.29 is 17.9 Å². The number of hydrogen-bond donors (Lipinski definition) is 0. The fourth-order valence-electron chi connectivity index (χ4n) is 1.46. The third-order valence-electron chi connectivity index (χ3n) is 2.22. The number of thiophene rings is 1. The van der Waals surface area contributed by atoms with Crippen LogP contribution in [0.5, 0.6) is 5.75 Å². The van der Waals surface area contributed by atoms with Crippen molar-refractivity contribution in [3.8, 4) is 16.2 Å². The third kappa shape index (κ3) is 3.56. The fourth-order valence-corrected chi connectivity index (χ4v) is 3.54. The van der Waals surface area contributed by atoms with Gasteiger partial charge in [-0.15, -0.1) is 11.3 Å². The lowest BCUT2D eigenvalue weighted by Crippen LogP contribution is -2.00. The number of rotatable bonds is 3. The summed E-state index contributed by atoms with van der Waals surface area (Å²) in [6.07, 6.45) is 0. The summed E-state index contributed by atoms with van der Waals surface area (Å²) in [6.45, 7) is 1.32. The first kappa shape index (κ1) is 14.0. The first-order valence-electron chi connectivity index (χ1n) is 5.19. The minimum absolute atomic E-state index is 0.105. The van der Waals surface area contributed by atoms with Crippen LogP contribution in [0.15, 0.2) is 40.6 Å². The minimum atomic E-state index is -3.69. The monoisotopic (exact) mass is 316 g/mol. The zero-order valence-corrected chi connectivity index (χ0v) is 12.2. The van der Waals surface area contributed by atoms with E-state index in [1.54, 1.807) is 30.3 Å². The molecule has 7 heteroatoms. The van der Waals surface area contributed by atoms with Crippen molar-refractivity contribution in [3.63, 3.8) is 0 Å². The average Bonchev–Trinajstić information content (AvgIpc) is 2.78. The average molecular weight is 317 g/mol. The molecular formula is C12H9ClO4S2. The van der Waals surface area contributed by atoms with Crippen LogP contribution in [0.25, 0.3) is 10.4 Å². The molecule has 0 saturated carbocycles. The van der Waals surface area contributed by atoms with E-state index in [2.05, 4.69) is 0 Å². The van der Waals surface area contributed by atoms with Crippen molar-refractivity contribution in [1.29, 1.82) is 0 Å². The van der Waals surface area contributed by atoms with Crippen LogP contribution >= 0.6 is 22.0 Å². The fraction of sp³-hybridized carbons (Fsp3) is 0.0833. The molecule has 0 fully saturated rings. The van der Waals surface area contributed by atoms with E-state index in [-0.39, 0.29) is 10.2 Å². The van der Waals surface area contributed by atoms with E-state index in [0.29, 0.717) is 5.75 Å².